The van der Waals surface area contributed by atoms with Crippen molar-refractivity contribution in [2.45, 2.75) is 19.8 Å². The zero-order valence-corrected chi connectivity index (χ0v) is 18.5. The number of carbonyl (C=O) groups excluding carboxylic acids is 1. The van der Waals surface area contributed by atoms with Gasteiger partial charge < -0.3 is 14.6 Å². The molecule has 1 fully saturated rings. The molecule has 0 unspecified atom stereocenters. The van der Waals surface area contributed by atoms with Crippen molar-refractivity contribution in [2.75, 3.05) is 18.0 Å². The molecule has 1 saturated heterocycles. The highest BCUT2D eigenvalue weighted by atomic mass is 35.5. The van der Waals surface area contributed by atoms with E-state index in [0.717, 1.165) is 37.1 Å². The van der Waals surface area contributed by atoms with E-state index in [-0.39, 0.29) is 5.78 Å². The van der Waals surface area contributed by atoms with Crippen LogP contribution in [0.3, 0.4) is 0 Å². The summed E-state index contributed by atoms with van der Waals surface area (Å²) in [4.78, 5) is 27.7. The van der Waals surface area contributed by atoms with Crippen molar-refractivity contribution in [1.29, 1.82) is 0 Å². The summed E-state index contributed by atoms with van der Waals surface area (Å²) >= 11 is 6.51. The predicted molar refractivity (Wildman–Crippen MR) is 126 cm³/mol. The third-order valence-corrected chi connectivity index (χ3v) is 6.25. The first kappa shape index (κ1) is 20.5. The molecule has 4 aromatic rings. The van der Waals surface area contributed by atoms with Gasteiger partial charge in [-0.25, -0.2) is 9.97 Å². The van der Waals surface area contributed by atoms with Crippen LogP contribution in [0.25, 0.3) is 11.0 Å². The maximum absolute atomic E-state index is 13.5. The van der Waals surface area contributed by atoms with Gasteiger partial charge in [0.05, 0.1) is 16.0 Å². The number of anilines is 1. The Morgan fingerprint density at radius 1 is 1.06 bits per heavy atom. The van der Waals surface area contributed by atoms with Crippen molar-refractivity contribution in [2.24, 2.45) is 5.92 Å². The van der Waals surface area contributed by atoms with Gasteiger partial charge in [0, 0.05) is 30.9 Å². The second-order valence-corrected chi connectivity index (χ2v) is 8.59. The monoisotopic (exact) mass is 446 g/mol. The lowest BCUT2D eigenvalue weighted by Crippen LogP contribution is -2.33. The number of nitrogens with one attached hydrogen (secondary N) is 1. The molecular formula is C25H23ClN4O2. The van der Waals surface area contributed by atoms with Gasteiger partial charge in [-0.2, -0.15) is 0 Å². The average Bonchev–Trinajstić information content (AvgIpc) is 3.24. The number of aromatic amines is 1. The molecule has 0 saturated carbocycles. The Kier molecular flexibility index (Phi) is 5.53. The van der Waals surface area contributed by atoms with E-state index < -0.39 is 0 Å². The predicted octanol–water partition coefficient (Wildman–Crippen LogP) is 5.87. The van der Waals surface area contributed by atoms with Crippen LogP contribution in [0.1, 0.15) is 35.7 Å². The van der Waals surface area contributed by atoms with E-state index in [9.17, 15) is 4.79 Å². The highest BCUT2D eigenvalue weighted by Gasteiger charge is 2.25. The van der Waals surface area contributed by atoms with Gasteiger partial charge >= 0.3 is 0 Å². The van der Waals surface area contributed by atoms with Crippen molar-refractivity contribution < 1.29 is 9.53 Å². The van der Waals surface area contributed by atoms with Crippen molar-refractivity contribution in [1.82, 2.24) is 15.0 Å². The molecule has 6 nitrogen and oxygen atoms in total. The molecule has 2 aromatic heterocycles. The van der Waals surface area contributed by atoms with Crippen molar-refractivity contribution in [3.8, 4) is 11.5 Å². The lowest BCUT2D eigenvalue weighted by molar-refractivity contribution is 0.104. The SMILES string of the molecule is CC1CCN(c2ncnc3[nH]cc(C(=O)c4ccc(Oc5ccccc5)cc4Cl)c23)CC1. The average molecular weight is 447 g/mol. The maximum Gasteiger partial charge on any atom is 0.196 e. The molecule has 0 atom stereocenters. The van der Waals surface area contributed by atoms with E-state index in [2.05, 4.69) is 26.8 Å². The van der Waals surface area contributed by atoms with Gasteiger partial charge in [-0.15, -0.1) is 0 Å². The number of carbonyl (C=O) groups is 1. The van der Waals surface area contributed by atoms with Crippen molar-refractivity contribution in [3.63, 3.8) is 0 Å². The molecule has 1 aliphatic heterocycles. The van der Waals surface area contributed by atoms with Crippen molar-refractivity contribution in [3.05, 3.63) is 77.2 Å². The van der Waals surface area contributed by atoms with Gasteiger partial charge in [0.1, 0.15) is 29.3 Å². The van der Waals surface area contributed by atoms with Crippen LogP contribution < -0.4 is 9.64 Å². The largest absolute Gasteiger partial charge is 0.457 e. The Balaban J connectivity index is 1.47. The molecule has 0 bridgehead atoms. The van der Waals surface area contributed by atoms with Crippen LogP contribution in [0, 0.1) is 5.92 Å². The molecule has 1 aliphatic rings. The Labute approximate surface area is 191 Å². The molecule has 2 aromatic carbocycles. The van der Waals surface area contributed by atoms with Gasteiger partial charge in [-0.05, 0) is 43.0 Å². The fourth-order valence-electron chi connectivity index (χ4n) is 4.10. The minimum Gasteiger partial charge on any atom is -0.457 e. The zero-order valence-electron chi connectivity index (χ0n) is 17.7. The number of aromatic nitrogens is 3. The Hall–Kier alpha value is -3.38. The molecule has 0 amide bonds. The summed E-state index contributed by atoms with van der Waals surface area (Å²) in [5.41, 5.74) is 1.58. The van der Waals surface area contributed by atoms with Crippen molar-refractivity contribution >= 4 is 34.2 Å². The number of hydrogen-bond donors (Lipinski definition) is 1. The number of rotatable bonds is 5. The fraction of sp³-hybridized carbons (Fsp3) is 0.240. The molecule has 0 aliphatic carbocycles. The summed E-state index contributed by atoms with van der Waals surface area (Å²) in [5.74, 6) is 2.60. The summed E-state index contributed by atoms with van der Waals surface area (Å²) < 4.78 is 5.83. The number of piperidine rings is 1. The number of ether oxygens (including phenoxy) is 1. The van der Waals surface area contributed by atoms with E-state index in [0.29, 0.717) is 39.2 Å². The lowest BCUT2D eigenvalue weighted by atomic mass is 9.98. The van der Waals surface area contributed by atoms with Crippen LogP contribution in [0.2, 0.25) is 5.02 Å². The first-order valence-electron chi connectivity index (χ1n) is 10.7. The summed E-state index contributed by atoms with van der Waals surface area (Å²) in [6, 6.07) is 14.6. The third-order valence-electron chi connectivity index (χ3n) is 5.94. The first-order chi connectivity index (χ1) is 15.6. The minimum atomic E-state index is -0.172. The van der Waals surface area contributed by atoms with Crippen LogP contribution in [0.5, 0.6) is 11.5 Å². The van der Waals surface area contributed by atoms with Gasteiger partial charge in [0.25, 0.3) is 0 Å². The number of hydrogen-bond acceptors (Lipinski definition) is 5. The molecule has 0 spiro atoms. The maximum atomic E-state index is 13.5. The molecule has 5 rings (SSSR count). The fourth-order valence-corrected chi connectivity index (χ4v) is 4.36. The number of benzene rings is 2. The molecule has 3 heterocycles. The van der Waals surface area contributed by atoms with Crippen LogP contribution >= 0.6 is 11.6 Å². The standard InChI is InChI=1S/C25H23ClN4O2/c1-16-9-11-30(12-10-16)25-22-20(14-27-24(22)28-15-29-25)23(31)19-8-7-18(13-21(19)26)32-17-5-3-2-4-6-17/h2-8,13-16H,9-12H2,1H3,(H,27,28,29). The van der Waals surface area contributed by atoms with Crippen LogP contribution in [-0.2, 0) is 0 Å². The van der Waals surface area contributed by atoms with Gasteiger partial charge in [0.2, 0.25) is 0 Å². The normalized spacial score (nSPS) is 14.6. The lowest BCUT2D eigenvalue weighted by Gasteiger charge is -2.31. The number of halogens is 1. The minimum absolute atomic E-state index is 0.172. The van der Waals surface area contributed by atoms with Crippen LogP contribution in [0.15, 0.2) is 61.1 Å². The van der Waals surface area contributed by atoms with E-state index in [4.69, 9.17) is 16.3 Å². The topological polar surface area (TPSA) is 71.1 Å². The number of para-hydroxylation sites is 1. The summed E-state index contributed by atoms with van der Waals surface area (Å²) in [5, 5.41) is 1.08. The number of ketones is 1. The third kappa shape index (κ3) is 3.94. The highest BCUT2D eigenvalue weighted by Crippen LogP contribution is 2.33. The highest BCUT2D eigenvalue weighted by molar-refractivity contribution is 6.35. The van der Waals surface area contributed by atoms with Gasteiger partial charge in [0.15, 0.2) is 5.78 Å². The summed E-state index contributed by atoms with van der Waals surface area (Å²) in [6.45, 7) is 4.10. The zero-order chi connectivity index (χ0) is 22.1. The Morgan fingerprint density at radius 2 is 1.84 bits per heavy atom. The van der Waals surface area contributed by atoms with E-state index in [1.54, 1.807) is 30.7 Å². The Bertz CT molecular complexity index is 1260. The smallest absolute Gasteiger partial charge is 0.196 e. The second kappa shape index (κ2) is 8.63. The van der Waals surface area contributed by atoms with Gasteiger partial charge in [-0.3, -0.25) is 4.79 Å². The number of fused-ring (bicyclic) bond motifs is 1. The summed E-state index contributed by atoms with van der Waals surface area (Å²) in [7, 11) is 0. The summed E-state index contributed by atoms with van der Waals surface area (Å²) in [6.07, 6.45) is 5.45. The molecule has 32 heavy (non-hydrogen) atoms. The molecule has 162 valence electrons. The van der Waals surface area contributed by atoms with Gasteiger partial charge in [-0.1, -0.05) is 36.7 Å². The van der Waals surface area contributed by atoms with E-state index in [1.165, 1.54) is 0 Å². The quantitative estimate of drug-likeness (QED) is 0.388. The number of H-pyrrole nitrogens is 1. The van der Waals surface area contributed by atoms with E-state index >= 15 is 0 Å². The number of nitrogens with zero attached hydrogens (tertiary/aromatic N) is 3. The molecule has 7 heteroatoms. The molecule has 0 radical (unpaired) electrons. The Morgan fingerprint density at radius 3 is 2.59 bits per heavy atom. The first-order valence-corrected chi connectivity index (χ1v) is 11.1. The van der Waals surface area contributed by atoms with Crippen LogP contribution in [0.4, 0.5) is 5.82 Å². The van der Waals surface area contributed by atoms with E-state index in [1.807, 2.05) is 30.3 Å². The second-order valence-electron chi connectivity index (χ2n) is 8.18. The molecule has 1 N–H and O–H groups in total. The molecular weight excluding hydrogens is 424 g/mol. The van der Waals surface area contributed by atoms with Crippen LogP contribution in [-0.4, -0.2) is 33.8 Å².